The van der Waals surface area contributed by atoms with Crippen LogP contribution in [-0.2, 0) is 6.37 Å². The maximum absolute atomic E-state index is 8.24. The molecule has 0 spiro atoms. The Morgan fingerprint density at radius 1 is 0.867 bits per heavy atom. The van der Waals surface area contributed by atoms with E-state index in [2.05, 4.69) is 0 Å². The Kier molecular flexibility index (Phi) is 1.05. The van der Waals surface area contributed by atoms with Crippen molar-refractivity contribution >= 4 is 11.4 Å². The topological polar surface area (TPSA) is 52.0 Å². The number of rotatable bonds is 2. The van der Waals surface area contributed by atoms with E-state index in [4.69, 9.17) is 22.4 Å². The monoisotopic (exact) mass is 206 g/mol. The number of hydrogen-bond acceptors (Lipinski definition) is 2. The molecule has 2 aromatic carbocycles. The molecule has 0 aromatic heterocycles. The summed E-state index contributed by atoms with van der Waals surface area (Å²) in [6.45, 7) is 0. The van der Waals surface area contributed by atoms with Gasteiger partial charge < -0.3 is 11.5 Å². The van der Waals surface area contributed by atoms with E-state index in [0.717, 1.165) is 0 Å². The highest BCUT2D eigenvalue weighted by Crippen LogP contribution is 2.13. The second-order valence-electron chi connectivity index (χ2n) is 2.87. The Hall–Kier alpha value is -1.96. The quantitative estimate of drug-likeness (QED) is 0.741. The Balaban J connectivity index is 2.83. The van der Waals surface area contributed by atoms with E-state index < -0.39 is 42.1 Å². The zero-order chi connectivity index (χ0) is 17.7. The van der Waals surface area contributed by atoms with Gasteiger partial charge in [0.2, 0.25) is 0 Å². The van der Waals surface area contributed by atoms with Crippen molar-refractivity contribution in [3.63, 3.8) is 0 Å². The molecule has 0 aliphatic heterocycles. The van der Waals surface area contributed by atoms with Crippen molar-refractivity contribution < 1.29 is 11.0 Å². The number of nitrogens with two attached hydrogens (primary N) is 2. The maximum Gasteiger partial charge on any atom is 0.0645 e. The van der Waals surface area contributed by atoms with E-state index in [-0.39, 0.29) is 23.0 Å². The fraction of sp³-hybridized carbons (Fsp3) is 0.0769. The first-order valence-corrected chi connectivity index (χ1v) is 4.24. The molecule has 76 valence electrons. The summed E-state index contributed by atoms with van der Waals surface area (Å²) in [5, 5.41) is 0. The highest BCUT2D eigenvalue weighted by Gasteiger charge is 1.95. The van der Waals surface area contributed by atoms with Crippen LogP contribution in [0.5, 0.6) is 0 Å². The van der Waals surface area contributed by atoms with Gasteiger partial charge in [0.15, 0.2) is 0 Å². The molecule has 2 aromatic rings. The second-order valence-corrected chi connectivity index (χ2v) is 2.87. The fourth-order valence-corrected chi connectivity index (χ4v) is 0.988. The predicted octanol–water partition coefficient (Wildman–Crippen LogP) is 2.44. The van der Waals surface area contributed by atoms with Crippen molar-refractivity contribution in [1.82, 2.24) is 0 Å². The average Bonchev–Trinajstić information content (AvgIpc) is 2.48. The van der Waals surface area contributed by atoms with E-state index in [1.54, 1.807) is 0 Å². The van der Waals surface area contributed by atoms with Crippen LogP contribution < -0.4 is 11.5 Å². The minimum atomic E-state index is -2.52. The summed E-state index contributed by atoms with van der Waals surface area (Å²) in [5.74, 6) is 0. The zero-order valence-corrected chi connectivity index (χ0v) is 7.81. The third-order valence-electron chi connectivity index (χ3n) is 1.68. The third kappa shape index (κ3) is 2.50. The molecular formula is C13H14N2. The SMILES string of the molecule is [2H]c1c(N)ccc(C([2H])([2H])c2c([2H])c([2H])c(N)c([2H])c2[2H])c1[2H]. The van der Waals surface area contributed by atoms with E-state index in [0.29, 0.717) is 0 Å². The molecule has 0 aliphatic rings. The predicted molar refractivity (Wildman–Crippen MR) is 64.5 cm³/mol. The average molecular weight is 206 g/mol. The lowest BCUT2D eigenvalue weighted by Crippen LogP contribution is -1.90. The summed E-state index contributed by atoms with van der Waals surface area (Å²) in [5.41, 5.74) is 9.85. The lowest BCUT2D eigenvalue weighted by Gasteiger charge is -2.02. The Morgan fingerprint density at radius 2 is 1.47 bits per heavy atom. The normalized spacial score (nSPS) is 18.7. The zero-order valence-electron chi connectivity index (χ0n) is 15.8. The molecule has 15 heavy (non-hydrogen) atoms. The Labute approximate surface area is 101 Å². The highest BCUT2D eigenvalue weighted by molar-refractivity contribution is 5.43. The van der Waals surface area contributed by atoms with Crippen molar-refractivity contribution in [3.05, 3.63) is 59.5 Å². The smallest absolute Gasteiger partial charge is 0.0645 e. The van der Waals surface area contributed by atoms with Gasteiger partial charge >= 0.3 is 0 Å². The van der Waals surface area contributed by atoms with E-state index in [1.165, 1.54) is 12.1 Å². The lowest BCUT2D eigenvalue weighted by atomic mass is 10.0. The first-order chi connectivity index (χ1) is 10.5. The Morgan fingerprint density at radius 3 is 2.20 bits per heavy atom. The summed E-state index contributed by atoms with van der Waals surface area (Å²) in [6, 6.07) is -0.677. The van der Waals surface area contributed by atoms with Gasteiger partial charge in [0.1, 0.15) is 0 Å². The van der Waals surface area contributed by atoms with Crippen LogP contribution in [0.3, 0.4) is 0 Å². The molecular weight excluding hydrogens is 184 g/mol. The van der Waals surface area contributed by atoms with Crippen LogP contribution in [0.1, 0.15) is 22.1 Å². The van der Waals surface area contributed by atoms with Crippen LogP contribution in [0.4, 0.5) is 11.4 Å². The molecule has 0 saturated heterocycles. The molecule has 0 heterocycles. The van der Waals surface area contributed by atoms with Crippen LogP contribution in [0.25, 0.3) is 0 Å². The van der Waals surface area contributed by atoms with Gasteiger partial charge in [-0.05, 0) is 41.7 Å². The second kappa shape index (κ2) is 4.05. The number of nitrogen functional groups attached to an aromatic ring is 2. The highest BCUT2D eigenvalue weighted by atomic mass is 14.5. The Bertz CT molecular complexity index is 774. The van der Waals surface area contributed by atoms with Gasteiger partial charge in [0.25, 0.3) is 0 Å². The molecule has 2 nitrogen and oxygen atoms in total. The molecule has 0 atom stereocenters. The summed E-state index contributed by atoms with van der Waals surface area (Å²) < 4.78 is 63.3. The van der Waals surface area contributed by atoms with Gasteiger partial charge in [0.05, 0.1) is 8.22 Å². The third-order valence-corrected chi connectivity index (χ3v) is 1.68. The van der Waals surface area contributed by atoms with Crippen molar-refractivity contribution in [2.45, 2.75) is 6.37 Å². The van der Waals surface area contributed by atoms with E-state index in [9.17, 15) is 0 Å². The summed E-state index contributed by atoms with van der Waals surface area (Å²) >= 11 is 0. The molecule has 0 fully saturated rings. The van der Waals surface area contributed by atoms with Crippen molar-refractivity contribution in [3.8, 4) is 0 Å². The molecule has 0 unspecified atom stereocenters. The molecule has 4 N–H and O–H groups in total. The van der Waals surface area contributed by atoms with Gasteiger partial charge in [-0.2, -0.15) is 0 Å². The van der Waals surface area contributed by atoms with Crippen molar-refractivity contribution in [2.24, 2.45) is 0 Å². The minimum Gasteiger partial charge on any atom is -0.399 e. The first-order valence-electron chi connectivity index (χ1n) is 8.24. The number of anilines is 2. The van der Waals surface area contributed by atoms with Crippen molar-refractivity contribution in [1.29, 1.82) is 0 Å². The minimum absolute atomic E-state index is 0.00594. The summed E-state index contributed by atoms with van der Waals surface area (Å²) in [6.07, 6.45) is -2.52. The van der Waals surface area contributed by atoms with Crippen LogP contribution >= 0.6 is 0 Å². The van der Waals surface area contributed by atoms with Crippen molar-refractivity contribution in [2.75, 3.05) is 11.5 Å². The fourth-order valence-electron chi connectivity index (χ4n) is 0.988. The van der Waals surface area contributed by atoms with Crippen LogP contribution in [0, 0.1) is 0 Å². The molecule has 2 rings (SSSR count). The largest absolute Gasteiger partial charge is 0.399 e. The maximum atomic E-state index is 8.24. The molecule has 0 radical (unpaired) electrons. The molecule has 0 saturated carbocycles. The summed E-state index contributed by atoms with van der Waals surface area (Å²) in [7, 11) is 0. The van der Waals surface area contributed by atoms with Gasteiger partial charge in [-0.1, -0.05) is 24.2 Å². The number of hydrogen-bond donors (Lipinski definition) is 2. The lowest BCUT2D eigenvalue weighted by molar-refractivity contribution is 1.19. The first kappa shape index (κ1) is 3.89. The van der Waals surface area contributed by atoms with Gasteiger partial charge in [0, 0.05) is 14.1 Å². The van der Waals surface area contributed by atoms with E-state index >= 15 is 0 Å². The van der Waals surface area contributed by atoms with Crippen LogP contribution in [-0.4, -0.2) is 0 Å². The van der Waals surface area contributed by atoms with Crippen LogP contribution in [0.2, 0.25) is 0 Å². The summed E-state index contributed by atoms with van der Waals surface area (Å²) in [4.78, 5) is 0. The van der Waals surface area contributed by atoms with Gasteiger partial charge in [-0.3, -0.25) is 0 Å². The van der Waals surface area contributed by atoms with Crippen LogP contribution in [0.15, 0.2) is 48.4 Å². The molecule has 0 aliphatic carbocycles. The standard InChI is InChI=1S/C13H14N2/c14-12-5-1-10(2-6-12)9-11-3-7-13(15)8-4-11/h1-8H,9,14-15H2/i1D,2D,3D,5D,6D,7D,9D2. The number of benzene rings is 2. The molecule has 0 bridgehead atoms. The van der Waals surface area contributed by atoms with Gasteiger partial charge in [-0.25, -0.2) is 0 Å². The van der Waals surface area contributed by atoms with E-state index in [1.807, 2.05) is 0 Å². The molecule has 2 heteroatoms. The molecule has 0 amide bonds. The van der Waals surface area contributed by atoms with Gasteiger partial charge in [-0.15, -0.1) is 0 Å².